The van der Waals surface area contributed by atoms with E-state index in [2.05, 4.69) is 5.32 Å². The minimum Gasteiger partial charge on any atom is -0.354 e. The Bertz CT molecular complexity index is 545. The summed E-state index contributed by atoms with van der Waals surface area (Å²) in [6, 6.07) is 7.52. The number of benzene rings is 1. The zero-order chi connectivity index (χ0) is 14.5. The van der Waals surface area contributed by atoms with Crippen LogP contribution < -0.4 is 5.32 Å². The Balaban J connectivity index is 1.75. The number of hydrogen-bond donors (Lipinski definition) is 1. The molecule has 1 aliphatic rings. The second-order valence-corrected chi connectivity index (χ2v) is 5.67. The van der Waals surface area contributed by atoms with Crippen molar-refractivity contribution >= 4 is 28.7 Å². The summed E-state index contributed by atoms with van der Waals surface area (Å²) in [6.07, 6.45) is 0. The summed E-state index contributed by atoms with van der Waals surface area (Å²) < 4.78 is 0. The van der Waals surface area contributed by atoms with E-state index in [0.717, 1.165) is 22.9 Å². The van der Waals surface area contributed by atoms with Crippen molar-refractivity contribution in [2.24, 2.45) is 0 Å². The molecule has 20 heavy (non-hydrogen) atoms. The lowest BCUT2D eigenvalue weighted by Gasteiger charge is -2.15. The molecule has 0 aliphatic carbocycles. The van der Waals surface area contributed by atoms with Gasteiger partial charge in [0.05, 0.1) is 5.75 Å². The van der Waals surface area contributed by atoms with Crippen LogP contribution in [0.4, 0.5) is 0 Å². The van der Waals surface area contributed by atoms with Crippen molar-refractivity contribution in [1.82, 2.24) is 10.2 Å². The van der Waals surface area contributed by atoms with Gasteiger partial charge in [0.1, 0.15) is 0 Å². The van der Waals surface area contributed by atoms with Crippen LogP contribution in [0.2, 0.25) is 0 Å². The molecule has 2 rings (SSSR count). The number of rotatable bonds is 5. The van der Waals surface area contributed by atoms with Gasteiger partial charge in [0, 0.05) is 32.1 Å². The van der Waals surface area contributed by atoms with E-state index in [4.69, 9.17) is 0 Å². The summed E-state index contributed by atoms with van der Waals surface area (Å²) in [7, 11) is 0. The number of carbonyl (C=O) groups excluding carboxylic acids is 3. The Hall–Kier alpha value is -1.82. The highest BCUT2D eigenvalue weighted by atomic mass is 32.2. The number of thioether (sulfide) groups is 1. The molecule has 0 saturated heterocycles. The first kappa shape index (κ1) is 14.6. The Morgan fingerprint density at radius 3 is 2.80 bits per heavy atom. The fraction of sp³-hybridized carbons (Fsp3) is 0.357. The smallest absolute Gasteiger partial charge is 0.254 e. The predicted octanol–water partition coefficient (Wildman–Crippen LogP) is 1.04. The molecule has 0 radical (unpaired) electrons. The van der Waals surface area contributed by atoms with Gasteiger partial charge in [-0.2, -0.15) is 0 Å². The first-order chi connectivity index (χ1) is 9.58. The van der Waals surface area contributed by atoms with Crippen molar-refractivity contribution in [3.05, 3.63) is 35.4 Å². The number of carbonyl (C=O) groups is 3. The standard InChI is InChI=1S/C14H16N2O3S/c1-10(17)20-9-13(18)15-6-7-16-8-11-4-2-3-5-12(11)14(16)19/h2-5H,6-9H2,1H3,(H,15,18). The molecule has 0 fully saturated rings. The lowest BCUT2D eigenvalue weighted by molar-refractivity contribution is -0.118. The number of fused-ring (bicyclic) bond motifs is 1. The van der Waals surface area contributed by atoms with Gasteiger partial charge in [0.2, 0.25) is 5.91 Å². The lowest BCUT2D eigenvalue weighted by atomic mass is 10.1. The Kier molecular flexibility index (Phi) is 4.79. The third-order valence-electron chi connectivity index (χ3n) is 3.01. The Morgan fingerprint density at radius 2 is 2.10 bits per heavy atom. The Morgan fingerprint density at radius 1 is 1.35 bits per heavy atom. The van der Waals surface area contributed by atoms with Crippen molar-refractivity contribution in [2.45, 2.75) is 13.5 Å². The van der Waals surface area contributed by atoms with Crippen LogP contribution in [0.3, 0.4) is 0 Å². The van der Waals surface area contributed by atoms with Gasteiger partial charge in [0.15, 0.2) is 5.12 Å². The van der Waals surface area contributed by atoms with E-state index in [-0.39, 0.29) is 22.7 Å². The molecule has 106 valence electrons. The predicted molar refractivity (Wildman–Crippen MR) is 77.3 cm³/mol. The molecule has 0 spiro atoms. The highest BCUT2D eigenvalue weighted by molar-refractivity contribution is 8.14. The van der Waals surface area contributed by atoms with Gasteiger partial charge >= 0.3 is 0 Å². The van der Waals surface area contributed by atoms with Gasteiger partial charge in [0.25, 0.3) is 5.91 Å². The summed E-state index contributed by atoms with van der Waals surface area (Å²) in [5.74, 6) is -0.0499. The highest BCUT2D eigenvalue weighted by Crippen LogP contribution is 2.21. The summed E-state index contributed by atoms with van der Waals surface area (Å²) >= 11 is 0.981. The van der Waals surface area contributed by atoms with Gasteiger partial charge in [-0.05, 0) is 11.6 Å². The van der Waals surface area contributed by atoms with Gasteiger partial charge < -0.3 is 10.2 Å². The molecule has 1 aromatic carbocycles. The second-order valence-electron chi connectivity index (χ2n) is 4.51. The van der Waals surface area contributed by atoms with Gasteiger partial charge in [-0.25, -0.2) is 0 Å². The number of amides is 2. The third-order valence-corrected chi connectivity index (χ3v) is 3.82. The molecule has 1 aromatic rings. The molecule has 0 atom stereocenters. The van der Waals surface area contributed by atoms with Crippen LogP contribution in [0, 0.1) is 0 Å². The van der Waals surface area contributed by atoms with E-state index in [9.17, 15) is 14.4 Å². The van der Waals surface area contributed by atoms with E-state index >= 15 is 0 Å². The van der Waals surface area contributed by atoms with Crippen LogP contribution in [0.15, 0.2) is 24.3 Å². The number of nitrogens with one attached hydrogen (secondary N) is 1. The van der Waals surface area contributed by atoms with Crippen LogP contribution in [-0.4, -0.2) is 40.7 Å². The van der Waals surface area contributed by atoms with Crippen LogP contribution in [0.5, 0.6) is 0 Å². The molecule has 2 amide bonds. The zero-order valence-electron chi connectivity index (χ0n) is 11.2. The average Bonchev–Trinajstić information content (AvgIpc) is 2.74. The van der Waals surface area contributed by atoms with Gasteiger partial charge in [-0.15, -0.1) is 0 Å². The molecule has 5 nitrogen and oxygen atoms in total. The van der Waals surface area contributed by atoms with E-state index in [0.29, 0.717) is 19.6 Å². The van der Waals surface area contributed by atoms with Crippen molar-refractivity contribution < 1.29 is 14.4 Å². The summed E-state index contributed by atoms with van der Waals surface area (Å²) in [6.45, 7) is 2.89. The minimum atomic E-state index is -0.186. The van der Waals surface area contributed by atoms with Crippen molar-refractivity contribution in [3.8, 4) is 0 Å². The molecule has 0 saturated carbocycles. The fourth-order valence-corrected chi connectivity index (χ4v) is 2.48. The van der Waals surface area contributed by atoms with Crippen LogP contribution in [0.25, 0.3) is 0 Å². The third kappa shape index (κ3) is 3.60. The maximum absolute atomic E-state index is 12.1. The molecule has 0 aromatic heterocycles. The first-order valence-electron chi connectivity index (χ1n) is 6.35. The highest BCUT2D eigenvalue weighted by Gasteiger charge is 2.26. The maximum atomic E-state index is 12.1. The number of hydrogen-bond acceptors (Lipinski definition) is 4. The SMILES string of the molecule is CC(=O)SCC(=O)NCCN1Cc2ccccc2C1=O. The Labute approximate surface area is 121 Å². The molecular formula is C14H16N2O3S. The number of nitrogens with zero attached hydrogens (tertiary/aromatic N) is 1. The zero-order valence-corrected chi connectivity index (χ0v) is 12.0. The van der Waals surface area contributed by atoms with Crippen LogP contribution in [0.1, 0.15) is 22.8 Å². The molecule has 0 bridgehead atoms. The van der Waals surface area contributed by atoms with E-state index in [1.165, 1.54) is 6.92 Å². The van der Waals surface area contributed by atoms with E-state index in [1.807, 2.05) is 24.3 Å². The van der Waals surface area contributed by atoms with E-state index < -0.39 is 0 Å². The summed E-state index contributed by atoms with van der Waals surface area (Å²) in [5, 5.41) is 2.63. The molecule has 6 heteroatoms. The molecule has 0 unspecified atom stereocenters. The maximum Gasteiger partial charge on any atom is 0.254 e. The average molecular weight is 292 g/mol. The van der Waals surface area contributed by atoms with Gasteiger partial charge in [-0.1, -0.05) is 30.0 Å². The first-order valence-corrected chi connectivity index (χ1v) is 7.33. The monoisotopic (exact) mass is 292 g/mol. The minimum absolute atomic E-state index is 0.00737. The van der Waals surface area contributed by atoms with E-state index in [1.54, 1.807) is 4.90 Å². The fourth-order valence-electron chi connectivity index (χ4n) is 2.04. The van der Waals surface area contributed by atoms with Crippen LogP contribution >= 0.6 is 11.8 Å². The van der Waals surface area contributed by atoms with Gasteiger partial charge in [-0.3, -0.25) is 14.4 Å². The molecule has 1 heterocycles. The largest absolute Gasteiger partial charge is 0.354 e. The quantitative estimate of drug-likeness (QED) is 0.880. The van der Waals surface area contributed by atoms with Crippen molar-refractivity contribution in [2.75, 3.05) is 18.8 Å². The molecular weight excluding hydrogens is 276 g/mol. The van der Waals surface area contributed by atoms with Crippen molar-refractivity contribution in [3.63, 3.8) is 0 Å². The summed E-state index contributed by atoms with van der Waals surface area (Å²) in [5.41, 5.74) is 1.77. The second kappa shape index (κ2) is 6.56. The topological polar surface area (TPSA) is 66.5 Å². The summed E-state index contributed by atoms with van der Waals surface area (Å²) in [4.78, 5) is 35.9. The van der Waals surface area contributed by atoms with Crippen molar-refractivity contribution in [1.29, 1.82) is 0 Å². The molecule has 1 aliphatic heterocycles. The van der Waals surface area contributed by atoms with Crippen LogP contribution in [-0.2, 0) is 16.1 Å². The molecule has 1 N–H and O–H groups in total. The lowest BCUT2D eigenvalue weighted by Crippen LogP contribution is -2.35. The normalized spacial score (nSPS) is 13.2.